The molecule has 2 rings (SSSR count). The molecule has 0 unspecified atom stereocenters. The summed E-state index contributed by atoms with van der Waals surface area (Å²) < 4.78 is 2.89. The topological polar surface area (TPSA) is 33.6 Å². The molecule has 1 aliphatic carbocycles. The van der Waals surface area contributed by atoms with Crippen molar-refractivity contribution in [1.82, 2.24) is 14.8 Å². The van der Waals surface area contributed by atoms with Crippen LogP contribution in [-0.2, 0) is 0 Å². The number of aromatic nitrogens is 3. The highest BCUT2D eigenvalue weighted by atomic mass is 32.1. The Bertz CT molecular complexity index is 411. The minimum atomic E-state index is 0.305. The zero-order valence-corrected chi connectivity index (χ0v) is 10.2. The molecule has 0 atom stereocenters. The largest absolute Gasteiger partial charge is 0.300 e. The van der Waals surface area contributed by atoms with Crippen LogP contribution in [0.1, 0.15) is 39.6 Å². The third-order valence-electron chi connectivity index (χ3n) is 4.08. The number of hydrogen-bond donors (Lipinski definition) is 1. The molecule has 1 aromatic heterocycles. The summed E-state index contributed by atoms with van der Waals surface area (Å²) in [5.74, 6) is 0.985. The van der Waals surface area contributed by atoms with Gasteiger partial charge in [0.1, 0.15) is 5.82 Å². The normalized spacial score (nSPS) is 23.8. The Balaban J connectivity index is 2.51. The van der Waals surface area contributed by atoms with Crippen LogP contribution in [0.15, 0.2) is 0 Å². The van der Waals surface area contributed by atoms with Crippen LogP contribution in [0.5, 0.6) is 0 Å². The van der Waals surface area contributed by atoms with E-state index in [9.17, 15) is 0 Å². The first-order valence-corrected chi connectivity index (χ1v) is 5.34. The smallest absolute Gasteiger partial charge is 0.195 e. The van der Waals surface area contributed by atoms with Crippen LogP contribution >= 0.6 is 12.2 Å². The second-order valence-electron chi connectivity index (χ2n) is 5.29. The van der Waals surface area contributed by atoms with Crippen LogP contribution in [0.2, 0.25) is 0 Å². The molecule has 4 heteroatoms. The van der Waals surface area contributed by atoms with E-state index in [0.717, 1.165) is 10.6 Å². The van der Waals surface area contributed by atoms with Gasteiger partial charge in [-0.1, -0.05) is 27.7 Å². The molecular weight excluding hydrogens is 194 g/mol. The molecule has 0 amide bonds. The highest BCUT2D eigenvalue weighted by Gasteiger charge is 2.66. The molecule has 0 spiro atoms. The van der Waals surface area contributed by atoms with Crippen molar-refractivity contribution < 1.29 is 0 Å². The molecule has 78 valence electrons. The lowest BCUT2D eigenvalue weighted by molar-refractivity contribution is 0.457. The van der Waals surface area contributed by atoms with E-state index in [0.29, 0.717) is 16.9 Å². The minimum Gasteiger partial charge on any atom is -0.300 e. The predicted molar refractivity (Wildman–Crippen MR) is 58.7 cm³/mol. The summed E-state index contributed by atoms with van der Waals surface area (Å²) in [6.07, 6.45) is 0. The monoisotopic (exact) mass is 211 g/mol. The third kappa shape index (κ3) is 0.975. The molecule has 0 bridgehead atoms. The van der Waals surface area contributed by atoms with Gasteiger partial charge in [-0.25, -0.2) is 0 Å². The van der Waals surface area contributed by atoms with Gasteiger partial charge in [-0.05, 0) is 30.0 Å². The quantitative estimate of drug-likeness (QED) is 0.725. The van der Waals surface area contributed by atoms with Crippen molar-refractivity contribution in [3.8, 4) is 0 Å². The Hall–Kier alpha value is -0.640. The lowest BCUT2D eigenvalue weighted by atomic mass is 10.0. The van der Waals surface area contributed by atoms with E-state index in [1.807, 2.05) is 6.92 Å². The molecule has 1 aliphatic rings. The van der Waals surface area contributed by atoms with Gasteiger partial charge in [0, 0.05) is 6.04 Å². The van der Waals surface area contributed by atoms with Crippen molar-refractivity contribution in [2.45, 2.75) is 40.7 Å². The molecule has 1 aromatic rings. The first-order chi connectivity index (χ1) is 6.30. The van der Waals surface area contributed by atoms with Gasteiger partial charge < -0.3 is 4.57 Å². The van der Waals surface area contributed by atoms with Crippen molar-refractivity contribution >= 4 is 12.2 Å². The van der Waals surface area contributed by atoms with Crippen LogP contribution in [0.4, 0.5) is 0 Å². The molecule has 1 heterocycles. The summed E-state index contributed by atoms with van der Waals surface area (Å²) in [6.45, 7) is 11.1. The second kappa shape index (κ2) is 2.48. The highest BCUT2D eigenvalue weighted by Crippen LogP contribution is 2.71. The number of nitrogens with one attached hydrogen (secondary N) is 1. The van der Waals surface area contributed by atoms with Crippen molar-refractivity contribution in [3.05, 3.63) is 10.6 Å². The van der Waals surface area contributed by atoms with Crippen LogP contribution in [-0.4, -0.2) is 14.8 Å². The van der Waals surface area contributed by atoms with Gasteiger partial charge in [0.05, 0.1) is 0 Å². The second-order valence-corrected chi connectivity index (χ2v) is 5.68. The lowest BCUT2D eigenvalue weighted by Gasteiger charge is -2.05. The van der Waals surface area contributed by atoms with Gasteiger partial charge in [0.15, 0.2) is 4.77 Å². The molecule has 3 nitrogen and oxygen atoms in total. The molecule has 0 saturated heterocycles. The Morgan fingerprint density at radius 3 is 2.07 bits per heavy atom. The van der Waals surface area contributed by atoms with E-state index in [4.69, 9.17) is 12.2 Å². The Labute approximate surface area is 89.5 Å². The summed E-state index contributed by atoms with van der Waals surface area (Å²) >= 11 is 5.24. The van der Waals surface area contributed by atoms with Crippen molar-refractivity contribution in [2.24, 2.45) is 10.8 Å². The molecular formula is C10H17N3S. The third-order valence-corrected chi connectivity index (χ3v) is 4.37. The number of rotatable bonds is 1. The maximum Gasteiger partial charge on any atom is 0.195 e. The van der Waals surface area contributed by atoms with E-state index in [-0.39, 0.29) is 0 Å². The van der Waals surface area contributed by atoms with Crippen LogP contribution in [0.25, 0.3) is 0 Å². The Kier molecular flexibility index (Phi) is 1.75. The molecule has 0 radical (unpaired) electrons. The van der Waals surface area contributed by atoms with Gasteiger partial charge in [-0.3, -0.25) is 5.10 Å². The molecule has 1 fully saturated rings. The molecule has 1 N–H and O–H groups in total. The fourth-order valence-electron chi connectivity index (χ4n) is 2.49. The zero-order chi connectivity index (χ0) is 10.7. The predicted octanol–water partition coefficient (Wildman–Crippen LogP) is 2.86. The summed E-state index contributed by atoms with van der Waals surface area (Å²) in [6, 6.07) is 0.473. The number of H-pyrrole nitrogens is 1. The van der Waals surface area contributed by atoms with Crippen molar-refractivity contribution in [3.63, 3.8) is 0 Å². The summed E-state index contributed by atoms with van der Waals surface area (Å²) in [7, 11) is 0. The van der Waals surface area contributed by atoms with Crippen LogP contribution in [0, 0.1) is 22.5 Å². The Morgan fingerprint density at radius 1 is 1.29 bits per heavy atom. The fraction of sp³-hybridized carbons (Fsp3) is 0.800. The van der Waals surface area contributed by atoms with Crippen LogP contribution in [0.3, 0.4) is 0 Å². The maximum absolute atomic E-state index is 5.24. The zero-order valence-electron chi connectivity index (χ0n) is 9.38. The molecule has 0 aliphatic heterocycles. The molecule has 14 heavy (non-hydrogen) atoms. The summed E-state index contributed by atoms with van der Waals surface area (Å²) in [5, 5.41) is 7.00. The molecule has 1 saturated carbocycles. The number of hydrogen-bond acceptors (Lipinski definition) is 2. The number of aromatic amines is 1. The summed E-state index contributed by atoms with van der Waals surface area (Å²) in [4.78, 5) is 0. The average molecular weight is 211 g/mol. The van der Waals surface area contributed by atoms with E-state index in [1.165, 1.54) is 0 Å². The maximum atomic E-state index is 5.24. The van der Waals surface area contributed by atoms with Gasteiger partial charge in [0.25, 0.3) is 0 Å². The SMILES string of the molecule is Cc1n[nH]c(=S)n1C1C(C)(C)C1(C)C. The first-order valence-electron chi connectivity index (χ1n) is 4.93. The van der Waals surface area contributed by atoms with Crippen LogP contribution < -0.4 is 0 Å². The van der Waals surface area contributed by atoms with Crippen molar-refractivity contribution in [1.29, 1.82) is 0 Å². The van der Waals surface area contributed by atoms with E-state index in [2.05, 4.69) is 42.5 Å². The number of aryl methyl sites for hydroxylation is 1. The van der Waals surface area contributed by atoms with Gasteiger partial charge in [-0.15, -0.1) is 0 Å². The number of nitrogens with zero attached hydrogens (tertiary/aromatic N) is 2. The van der Waals surface area contributed by atoms with Gasteiger partial charge in [-0.2, -0.15) is 5.10 Å². The van der Waals surface area contributed by atoms with Gasteiger partial charge in [0.2, 0.25) is 0 Å². The van der Waals surface area contributed by atoms with E-state index < -0.39 is 0 Å². The van der Waals surface area contributed by atoms with E-state index in [1.54, 1.807) is 0 Å². The fourth-order valence-corrected chi connectivity index (χ4v) is 2.78. The lowest BCUT2D eigenvalue weighted by Crippen LogP contribution is -2.03. The van der Waals surface area contributed by atoms with E-state index >= 15 is 0 Å². The van der Waals surface area contributed by atoms with Crippen molar-refractivity contribution in [2.75, 3.05) is 0 Å². The highest BCUT2D eigenvalue weighted by molar-refractivity contribution is 7.71. The minimum absolute atomic E-state index is 0.305. The Morgan fingerprint density at radius 2 is 1.79 bits per heavy atom. The average Bonchev–Trinajstić information content (AvgIpc) is 2.37. The standard InChI is InChI=1S/C10H17N3S/c1-6-11-12-8(14)13(6)7-9(2,3)10(7,4)5/h7H,1-5H3,(H,12,14). The first kappa shape index (κ1) is 9.90. The summed E-state index contributed by atoms with van der Waals surface area (Å²) in [5.41, 5.74) is 0.611. The van der Waals surface area contributed by atoms with Gasteiger partial charge >= 0.3 is 0 Å². The molecule has 0 aromatic carbocycles.